The van der Waals surface area contributed by atoms with Gasteiger partial charge in [0, 0.05) is 0 Å². The van der Waals surface area contributed by atoms with E-state index in [4.69, 9.17) is 9.47 Å². The number of nitrogens with one attached hydrogen (secondary N) is 1. The van der Waals surface area contributed by atoms with E-state index in [0.29, 0.717) is 24.3 Å². The summed E-state index contributed by atoms with van der Waals surface area (Å²) in [6.45, 7) is 1.83. The fraction of sp³-hybridized carbons (Fsp3) is 0.500. The van der Waals surface area contributed by atoms with Crippen LogP contribution in [-0.4, -0.2) is 25.2 Å². The van der Waals surface area contributed by atoms with Crippen molar-refractivity contribution < 1.29 is 14.3 Å². The first-order valence-corrected chi connectivity index (χ1v) is 7.08. The molecule has 1 fully saturated rings. The number of hydrogen-bond donors (Lipinski definition) is 1. The highest BCUT2D eigenvalue weighted by Gasteiger charge is 2.35. The Morgan fingerprint density at radius 3 is 2.71 bits per heavy atom. The summed E-state index contributed by atoms with van der Waals surface area (Å²) < 4.78 is 10.7. The molecule has 2 rings (SSSR count). The van der Waals surface area contributed by atoms with E-state index in [9.17, 15) is 10.1 Å². The smallest absolute Gasteiger partial charge is 0.259 e. The van der Waals surface area contributed by atoms with Crippen molar-refractivity contribution in [1.82, 2.24) is 5.32 Å². The maximum atomic E-state index is 12.0. The Balaban J connectivity index is 1.94. The molecule has 1 aliphatic rings. The molecule has 0 spiro atoms. The van der Waals surface area contributed by atoms with Crippen LogP contribution in [0.4, 0.5) is 0 Å². The van der Waals surface area contributed by atoms with Crippen LogP contribution in [-0.2, 0) is 4.79 Å². The standard InChI is InChI=1S/C16H20N2O3/c1-12-5-6-13(14(9-12)20-2)21-10-15(19)18-16(11-17)7-3-4-8-16/h5-6,9H,3-4,7-8,10H2,1-2H3,(H,18,19). The summed E-state index contributed by atoms with van der Waals surface area (Å²) in [6, 6.07) is 7.74. The Hall–Kier alpha value is -2.22. The molecular formula is C16H20N2O3. The second-order valence-corrected chi connectivity index (χ2v) is 5.39. The molecule has 1 aromatic rings. The lowest BCUT2D eigenvalue weighted by Gasteiger charge is -2.22. The van der Waals surface area contributed by atoms with Crippen LogP contribution in [0.15, 0.2) is 18.2 Å². The molecule has 21 heavy (non-hydrogen) atoms. The lowest BCUT2D eigenvalue weighted by atomic mass is 10.00. The molecule has 0 radical (unpaired) electrons. The molecule has 0 heterocycles. The van der Waals surface area contributed by atoms with E-state index in [1.165, 1.54) is 0 Å². The maximum absolute atomic E-state index is 12.0. The number of benzene rings is 1. The molecule has 0 aliphatic heterocycles. The summed E-state index contributed by atoms with van der Waals surface area (Å²) in [5, 5.41) is 12.0. The van der Waals surface area contributed by atoms with E-state index in [1.54, 1.807) is 13.2 Å². The van der Waals surface area contributed by atoms with Crippen LogP contribution in [0.25, 0.3) is 0 Å². The first kappa shape index (κ1) is 15.2. The van der Waals surface area contributed by atoms with Crippen molar-refractivity contribution in [3.05, 3.63) is 23.8 Å². The molecule has 0 aromatic heterocycles. The number of rotatable bonds is 5. The molecule has 0 saturated heterocycles. The molecule has 5 heteroatoms. The predicted molar refractivity (Wildman–Crippen MR) is 78.2 cm³/mol. The van der Waals surface area contributed by atoms with E-state index in [1.807, 2.05) is 19.1 Å². The third kappa shape index (κ3) is 3.66. The molecular weight excluding hydrogens is 268 g/mol. The summed E-state index contributed by atoms with van der Waals surface area (Å²) in [5.41, 5.74) is 0.343. The van der Waals surface area contributed by atoms with Crippen LogP contribution in [0.3, 0.4) is 0 Å². The minimum atomic E-state index is -0.711. The lowest BCUT2D eigenvalue weighted by Crippen LogP contribution is -2.47. The Bertz CT molecular complexity index is 557. The normalized spacial score (nSPS) is 16.0. The lowest BCUT2D eigenvalue weighted by molar-refractivity contribution is -0.124. The van der Waals surface area contributed by atoms with Crippen LogP contribution < -0.4 is 14.8 Å². The van der Waals surface area contributed by atoms with Gasteiger partial charge >= 0.3 is 0 Å². The van der Waals surface area contributed by atoms with E-state index in [-0.39, 0.29) is 12.5 Å². The zero-order valence-corrected chi connectivity index (χ0v) is 12.4. The number of hydrogen-bond acceptors (Lipinski definition) is 4. The van der Waals surface area contributed by atoms with Crippen LogP contribution in [0, 0.1) is 18.3 Å². The van der Waals surface area contributed by atoms with Gasteiger partial charge in [-0.2, -0.15) is 5.26 Å². The molecule has 1 amide bonds. The van der Waals surface area contributed by atoms with Gasteiger partial charge in [0.15, 0.2) is 18.1 Å². The van der Waals surface area contributed by atoms with E-state index < -0.39 is 5.54 Å². The molecule has 0 atom stereocenters. The fourth-order valence-electron chi connectivity index (χ4n) is 2.58. The maximum Gasteiger partial charge on any atom is 0.259 e. The summed E-state index contributed by atoms with van der Waals surface area (Å²) in [5.74, 6) is 0.843. The van der Waals surface area contributed by atoms with Gasteiger partial charge in [0.25, 0.3) is 5.91 Å². The van der Waals surface area contributed by atoms with Gasteiger partial charge in [-0.3, -0.25) is 4.79 Å². The average Bonchev–Trinajstić information content (AvgIpc) is 2.94. The van der Waals surface area contributed by atoms with E-state index in [2.05, 4.69) is 11.4 Å². The second kappa shape index (κ2) is 6.49. The molecule has 1 aliphatic carbocycles. The zero-order valence-electron chi connectivity index (χ0n) is 12.4. The largest absolute Gasteiger partial charge is 0.493 e. The van der Waals surface area contributed by atoms with Crippen LogP contribution >= 0.6 is 0 Å². The molecule has 5 nitrogen and oxygen atoms in total. The van der Waals surface area contributed by atoms with E-state index >= 15 is 0 Å². The third-order valence-electron chi connectivity index (χ3n) is 3.73. The molecule has 112 valence electrons. The van der Waals surface area contributed by atoms with Crippen molar-refractivity contribution in [3.63, 3.8) is 0 Å². The number of ether oxygens (including phenoxy) is 2. The zero-order chi connectivity index (χ0) is 15.3. The number of methoxy groups -OCH3 is 1. The first-order chi connectivity index (χ1) is 10.1. The minimum absolute atomic E-state index is 0.122. The van der Waals surface area contributed by atoms with Gasteiger partial charge in [-0.1, -0.05) is 6.07 Å². The summed E-state index contributed by atoms with van der Waals surface area (Å²) >= 11 is 0. The number of amides is 1. The monoisotopic (exact) mass is 288 g/mol. The van der Waals surface area contributed by atoms with Gasteiger partial charge < -0.3 is 14.8 Å². The van der Waals surface area contributed by atoms with Crippen molar-refractivity contribution in [1.29, 1.82) is 5.26 Å². The molecule has 0 unspecified atom stereocenters. The number of nitrogens with zero attached hydrogens (tertiary/aromatic N) is 1. The van der Waals surface area contributed by atoms with Crippen LogP contribution in [0.2, 0.25) is 0 Å². The number of carbonyl (C=O) groups excluding carboxylic acids is 1. The van der Waals surface area contributed by atoms with Gasteiger partial charge in [-0.15, -0.1) is 0 Å². The number of nitriles is 1. The number of aryl methyl sites for hydroxylation is 1. The Kier molecular flexibility index (Phi) is 4.69. The first-order valence-electron chi connectivity index (χ1n) is 7.08. The van der Waals surface area contributed by atoms with Crippen molar-refractivity contribution in [2.75, 3.05) is 13.7 Å². The minimum Gasteiger partial charge on any atom is -0.493 e. The summed E-state index contributed by atoms with van der Waals surface area (Å²) in [7, 11) is 1.56. The van der Waals surface area contributed by atoms with Crippen molar-refractivity contribution >= 4 is 5.91 Å². The highest BCUT2D eigenvalue weighted by atomic mass is 16.5. The van der Waals surface area contributed by atoms with Gasteiger partial charge in [-0.05, 0) is 50.3 Å². The van der Waals surface area contributed by atoms with Gasteiger partial charge in [0.1, 0.15) is 5.54 Å². The van der Waals surface area contributed by atoms with Gasteiger partial charge in [0.2, 0.25) is 0 Å². The highest BCUT2D eigenvalue weighted by molar-refractivity contribution is 5.79. The van der Waals surface area contributed by atoms with E-state index in [0.717, 1.165) is 18.4 Å². The third-order valence-corrected chi connectivity index (χ3v) is 3.73. The Morgan fingerprint density at radius 2 is 2.10 bits per heavy atom. The Morgan fingerprint density at radius 1 is 1.38 bits per heavy atom. The molecule has 1 aromatic carbocycles. The average molecular weight is 288 g/mol. The SMILES string of the molecule is COc1cc(C)ccc1OCC(=O)NC1(C#N)CCCC1. The molecule has 1 N–H and O–H groups in total. The number of carbonyl (C=O) groups is 1. The summed E-state index contributed by atoms with van der Waals surface area (Å²) in [4.78, 5) is 12.0. The predicted octanol–water partition coefficient (Wildman–Crippen LogP) is 2.33. The molecule has 1 saturated carbocycles. The van der Waals surface area contributed by atoms with Crippen molar-refractivity contribution in [2.45, 2.75) is 38.1 Å². The Labute approximate surface area is 124 Å². The van der Waals surface area contributed by atoms with Crippen molar-refractivity contribution in [2.24, 2.45) is 0 Å². The fourth-order valence-corrected chi connectivity index (χ4v) is 2.58. The summed E-state index contributed by atoms with van der Waals surface area (Å²) in [6.07, 6.45) is 3.37. The van der Waals surface area contributed by atoms with Crippen LogP contribution in [0.5, 0.6) is 11.5 Å². The molecule has 0 bridgehead atoms. The second-order valence-electron chi connectivity index (χ2n) is 5.39. The quantitative estimate of drug-likeness (QED) is 0.902. The van der Waals surface area contributed by atoms with Gasteiger partial charge in [0.05, 0.1) is 13.2 Å². The van der Waals surface area contributed by atoms with Crippen molar-refractivity contribution in [3.8, 4) is 17.6 Å². The van der Waals surface area contributed by atoms with Gasteiger partial charge in [-0.25, -0.2) is 0 Å². The topological polar surface area (TPSA) is 71.3 Å². The highest BCUT2D eigenvalue weighted by Crippen LogP contribution is 2.29. The van der Waals surface area contributed by atoms with Crippen LogP contribution in [0.1, 0.15) is 31.2 Å².